The average Bonchev–Trinajstić information content (AvgIpc) is 1.87. The van der Waals surface area contributed by atoms with Crippen molar-refractivity contribution in [3.05, 3.63) is 0 Å². The molecular weight excluding hydrogens is 132 g/mol. The van der Waals surface area contributed by atoms with E-state index in [1.54, 1.807) is 6.92 Å². The fraction of sp³-hybridized carbons (Fsp3) is 0.571. The number of carbonyl (C=O) groups excluding carboxylic acids is 1. The quantitative estimate of drug-likeness (QED) is 0.347. The van der Waals surface area contributed by atoms with Crippen LogP contribution in [-0.4, -0.2) is 11.5 Å². The maximum absolute atomic E-state index is 10.8. The number of ketones is 1. The Bertz CT molecular complexity index is 152. The number of carbonyl (C=O) groups is 1. The molecule has 2 heteroatoms. The minimum absolute atomic E-state index is 0.0208. The van der Waals surface area contributed by atoms with E-state index < -0.39 is 0 Å². The van der Waals surface area contributed by atoms with Gasteiger partial charge in [-0.05, 0) is 12.8 Å². The molecule has 0 saturated carbocycles. The van der Waals surface area contributed by atoms with E-state index in [0.717, 1.165) is 0 Å². The Kier molecular flexibility index (Phi) is 4.25. The van der Waals surface area contributed by atoms with Gasteiger partial charge in [0.25, 0.3) is 0 Å². The third kappa shape index (κ3) is 3.21. The van der Waals surface area contributed by atoms with Crippen LogP contribution >= 0.6 is 12.6 Å². The smallest absolute Gasteiger partial charge is 0.209 e. The maximum atomic E-state index is 10.8. The molecule has 0 N–H and O–H groups in total. The van der Waals surface area contributed by atoms with Crippen LogP contribution in [0.15, 0.2) is 0 Å². The molecule has 0 aromatic rings. The largest absolute Gasteiger partial charge is 0.285 e. The zero-order chi connectivity index (χ0) is 7.28. The third-order valence-corrected chi connectivity index (χ3v) is 1.52. The summed E-state index contributed by atoms with van der Waals surface area (Å²) in [4.78, 5) is 10.8. The zero-order valence-corrected chi connectivity index (χ0v) is 6.53. The minimum Gasteiger partial charge on any atom is -0.285 e. The summed E-state index contributed by atoms with van der Waals surface area (Å²) in [6.45, 7) is 3.48. The summed E-state index contributed by atoms with van der Waals surface area (Å²) >= 11 is 3.96. The number of thiol groups is 1. The van der Waals surface area contributed by atoms with E-state index >= 15 is 0 Å². The highest BCUT2D eigenvalue weighted by molar-refractivity contribution is 7.80. The van der Waals surface area contributed by atoms with Gasteiger partial charge in [-0.2, -0.15) is 12.6 Å². The van der Waals surface area contributed by atoms with Crippen LogP contribution in [0.1, 0.15) is 13.8 Å². The molecule has 1 atom stereocenters. The lowest BCUT2D eigenvalue weighted by Crippen LogP contribution is -2.09. The highest BCUT2D eigenvalue weighted by Gasteiger charge is 2.05. The Morgan fingerprint density at radius 1 is 1.78 bits per heavy atom. The second-order valence-electron chi connectivity index (χ2n) is 1.82. The van der Waals surface area contributed by atoms with Crippen molar-refractivity contribution in [1.82, 2.24) is 0 Å². The normalized spacial score (nSPS) is 11.4. The monoisotopic (exact) mass is 142 g/mol. The van der Waals surface area contributed by atoms with Crippen LogP contribution in [-0.2, 0) is 4.79 Å². The molecule has 0 aliphatic carbocycles. The molecule has 0 rings (SSSR count). The van der Waals surface area contributed by atoms with E-state index in [4.69, 9.17) is 0 Å². The predicted octanol–water partition coefficient (Wildman–Crippen LogP) is 1.14. The van der Waals surface area contributed by atoms with Crippen molar-refractivity contribution < 1.29 is 4.79 Å². The van der Waals surface area contributed by atoms with Crippen LogP contribution in [0.25, 0.3) is 0 Å². The molecule has 0 bridgehead atoms. The lowest BCUT2D eigenvalue weighted by molar-refractivity contribution is -0.116. The first kappa shape index (κ1) is 8.58. The van der Waals surface area contributed by atoms with Gasteiger partial charge in [0, 0.05) is 11.7 Å². The standard InChI is InChI=1S/C7H10OS/c1-3-4-7(8)6(2)5-9/h6,9H,5H2,1-2H3/t6-/m1/s1. The fourth-order valence-corrected chi connectivity index (χ4v) is 0.495. The molecule has 50 valence electrons. The number of hydrogen-bond donors (Lipinski definition) is 1. The van der Waals surface area contributed by atoms with Gasteiger partial charge in [-0.25, -0.2) is 0 Å². The van der Waals surface area contributed by atoms with E-state index in [0.29, 0.717) is 5.75 Å². The molecule has 0 fully saturated rings. The van der Waals surface area contributed by atoms with Gasteiger partial charge in [-0.15, -0.1) is 0 Å². The molecular formula is C7H10OS. The third-order valence-electron chi connectivity index (χ3n) is 0.970. The summed E-state index contributed by atoms with van der Waals surface area (Å²) in [5.41, 5.74) is 0. The topological polar surface area (TPSA) is 17.1 Å². The highest BCUT2D eigenvalue weighted by Crippen LogP contribution is 1.97. The zero-order valence-electron chi connectivity index (χ0n) is 5.64. The Labute approximate surface area is 61.2 Å². The molecule has 9 heavy (non-hydrogen) atoms. The molecule has 0 radical (unpaired) electrons. The second-order valence-corrected chi connectivity index (χ2v) is 2.19. The van der Waals surface area contributed by atoms with Gasteiger partial charge in [-0.1, -0.05) is 12.8 Å². The first-order valence-corrected chi connectivity index (χ1v) is 3.43. The van der Waals surface area contributed by atoms with Crippen molar-refractivity contribution in [3.8, 4) is 11.8 Å². The van der Waals surface area contributed by atoms with Crippen LogP contribution in [0.2, 0.25) is 0 Å². The number of rotatable bonds is 2. The second kappa shape index (κ2) is 4.46. The van der Waals surface area contributed by atoms with Crippen LogP contribution in [0.5, 0.6) is 0 Å². The summed E-state index contributed by atoms with van der Waals surface area (Å²) in [6, 6.07) is 0. The van der Waals surface area contributed by atoms with Crippen molar-refractivity contribution in [2.75, 3.05) is 5.75 Å². The number of Topliss-reactive ketones (excluding diaryl/α,β-unsaturated/α-hetero) is 1. The summed E-state index contributed by atoms with van der Waals surface area (Å²) < 4.78 is 0. The molecule has 0 aliphatic rings. The molecule has 0 aliphatic heterocycles. The van der Waals surface area contributed by atoms with Crippen LogP contribution < -0.4 is 0 Å². The number of hydrogen-bond acceptors (Lipinski definition) is 2. The van der Waals surface area contributed by atoms with Gasteiger partial charge in [-0.3, -0.25) is 4.79 Å². The van der Waals surface area contributed by atoms with E-state index in [2.05, 4.69) is 24.5 Å². The fourth-order valence-electron chi connectivity index (χ4n) is 0.329. The Hall–Kier alpha value is -0.420. The summed E-state index contributed by atoms with van der Waals surface area (Å²) in [5, 5.41) is 0. The molecule has 0 aromatic carbocycles. The Morgan fingerprint density at radius 2 is 2.33 bits per heavy atom. The van der Waals surface area contributed by atoms with Gasteiger partial charge in [0.05, 0.1) is 0 Å². The van der Waals surface area contributed by atoms with E-state index in [9.17, 15) is 4.79 Å². The van der Waals surface area contributed by atoms with Crippen molar-refractivity contribution in [2.24, 2.45) is 5.92 Å². The van der Waals surface area contributed by atoms with Crippen molar-refractivity contribution in [2.45, 2.75) is 13.8 Å². The van der Waals surface area contributed by atoms with Gasteiger partial charge in [0.2, 0.25) is 5.78 Å². The van der Waals surface area contributed by atoms with E-state index in [1.807, 2.05) is 6.92 Å². The van der Waals surface area contributed by atoms with Crippen LogP contribution in [0.3, 0.4) is 0 Å². The van der Waals surface area contributed by atoms with Gasteiger partial charge in [0.1, 0.15) is 0 Å². The predicted molar refractivity (Wildman–Crippen MR) is 41.5 cm³/mol. The first-order chi connectivity index (χ1) is 4.22. The maximum Gasteiger partial charge on any atom is 0.209 e. The molecule has 0 saturated heterocycles. The Morgan fingerprint density at radius 3 is 2.67 bits per heavy atom. The summed E-state index contributed by atoms with van der Waals surface area (Å²) in [6.07, 6.45) is 0. The van der Waals surface area contributed by atoms with Gasteiger partial charge < -0.3 is 0 Å². The SMILES string of the molecule is CC#CC(=O)[C@H](C)CS. The van der Waals surface area contributed by atoms with Crippen molar-refractivity contribution in [1.29, 1.82) is 0 Å². The van der Waals surface area contributed by atoms with Crippen LogP contribution in [0, 0.1) is 17.8 Å². The minimum atomic E-state index is -0.0271. The molecule has 0 amide bonds. The molecule has 0 aromatic heterocycles. The van der Waals surface area contributed by atoms with Gasteiger partial charge >= 0.3 is 0 Å². The van der Waals surface area contributed by atoms with Crippen molar-refractivity contribution in [3.63, 3.8) is 0 Å². The summed E-state index contributed by atoms with van der Waals surface area (Å²) in [7, 11) is 0. The first-order valence-electron chi connectivity index (χ1n) is 2.79. The summed E-state index contributed by atoms with van der Waals surface area (Å²) in [5.74, 6) is 5.54. The molecule has 0 unspecified atom stereocenters. The molecule has 0 heterocycles. The lowest BCUT2D eigenvalue weighted by Gasteiger charge is -1.97. The van der Waals surface area contributed by atoms with E-state index in [1.165, 1.54) is 0 Å². The highest BCUT2D eigenvalue weighted by atomic mass is 32.1. The lowest BCUT2D eigenvalue weighted by atomic mass is 10.1. The Balaban J connectivity index is 3.83. The van der Waals surface area contributed by atoms with Crippen LogP contribution in [0.4, 0.5) is 0 Å². The molecule has 1 nitrogen and oxygen atoms in total. The van der Waals surface area contributed by atoms with Crippen molar-refractivity contribution >= 4 is 18.4 Å². The van der Waals surface area contributed by atoms with Gasteiger partial charge in [0.15, 0.2) is 0 Å². The molecule has 0 spiro atoms. The average molecular weight is 142 g/mol. The van der Waals surface area contributed by atoms with E-state index in [-0.39, 0.29) is 11.7 Å².